The summed E-state index contributed by atoms with van der Waals surface area (Å²) in [5.74, 6) is -0.222. The summed E-state index contributed by atoms with van der Waals surface area (Å²) in [5.41, 5.74) is 5.21. The third-order valence-electron chi connectivity index (χ3n) is 3.74. The number of carbonyl (C=O) groups is 2. The summed E-state index contributed by atoms with van der Waals surface area (Å²) in [5, 5.41) is 2.13. The van der Waals surface area contributed by atoms with Crippen molar-refractivity contribution in [2.45, 2.75) is 13.0 Å². The summed E-state index contributed by atoms with van der Waals surface area (Å²) >= 11 is 0. The topological polar surface area (TPSA) is 67.4 Å². The molecule has 2 amide bonds. The van der Waals surface area contributed by atoms with Crippen molar-refractivity contribution in [2.24, 2.45) is 0 Å². The molecule has 0 fully saturated rings. The molecule has 5 nitrogen and oxygen atoms in total. The molecule has 0 aromatic heterocycles. The van der Waals surface area contributed by atoms with Crippen LogP contribution in [0.15, 0.2) is 72.8 Å². The van der Waals surface area contributed by atoms with Gasteiger partial charge >= 0.3 is 0 Å². The molecule has 1 atom stereocenters. The fourth-order valence-electron chi connectivity index (χ4n) is 2.38. The van der Waals surface area contributed by atoms with Crippen molar-refractivity contribution < 1.29 is 14.3 Å². The number of carbonyl (C=O) groups excluding carboxylic acids is 2. The third-order valence-corrected chi connectivity index (χ3v) is 3.74. The number of amides is 2. The van der Waals surface area contributed by atoms with Gasteiger partial charge in [0.1, 0.15) is 5.75 Å². The predicted molar refractivity (Wildman–Crippen MR) is 96.1 cm³/mol. The average Bonchev–Trinajstić information content (AvgIpc) is 2.66. The smallest absolute Gasteiger partial charge is 0.279 e. The van der Waals surface area contributed by atoms with E-state index >= 15 is 0 Å². The molecule has 0 aliphatic rings. The molecule has 0 aliphatic heterocycles. The molecule has 0 spiro atoms. The van der Waals surface area contributed by atoms with Crippen molar-refractivity contribution in [3.05, 3.63) is 78.4 Å². The summed E-state index contributed by atoms with van der Waals surface area (Å²) in [7, 11) is 0. The first-order valence-corrected chi connectivity index (χ1v) is 7.94. The Hall–Kier alpha value is -3.34. The van der Waals surface area contributed by atoms with Gasteiger partial charge in [0.05, 0.1) is 0 Å². The van der Waals surface area contributed by atoms with Crippen molar-refractivity contribution in [1.29, 1.82) is 0 Å². The summed E-state index contributed by atoms with van der Waals surface area (Å²) in [6, 6.07) is 22.2. The first-order chi connectivity index (χ1) is 12.1. The fraction of sp³-hybridized carbons (Fsp3) is 0.100. The molecule has 0 aliphatic carbocycles. The first-order valence-electron chi connectivity index (χ1n) is 7.94. The van der Waals surface area contributed by atoms with Gasteiger partial charge in [-0.05, 0) is 42.0 Å². The van der Waals surface area contributed by atoms with Gasteiger partial charge in [-0.3, -0.25) is 20.4 Å². The van der Waals surface area contributed by atoms with Gasteiger partial charge in [-0.2, -0.15) is 0 Å². The van der Waals surface area contributed by atoms with Crippen LogP contribution >= 0.6 is 0 Å². The summed E-state index contributed by atoms with van der Waals surface area (Å²) in [6.07, 6.45) is -0.753. The summed E-state index contributed by atoms with van der Waals surface area (Å²) in [6.45, 7) is 1.62. The normalized spacial score (nSPS) is 11.6. The van der Waals surface area contributed by atoms with Gasteiger partial charge in [-0.25, -0.2) is 0 Å². The maximum absolute atomic E-state index is 12.1. The second-order valence-electron chi connectivity index (χ2n) is 5.58. The number of hydrazine groups is 1. The Morgan fingerprint density at radius 1 is 0.840 bits per heavy atom. The maximum atomic E-state index is 12.1. The lowest BCUT2D eigenvalue weighted by atomic mass is 10.1. The first kappa shape index (κ1) is 16.5. The van der Waals surface area contributed by atoms with Crippen LogP contribution in [0, 0.1) is 0 Å². The van der Waals surface area contributed by atoms with Crippen molar-refractivity contribution in [1.82, 2.24) is 10.9 Å². The van der Waals surface area contributed by atoms with E-state index in [1.54, 1.807) is 31.2 Å². The Morgan fingerprint density at radius 3 is 2.28 bits per heavy atom. The second-order valence-corrected chi connectivity index (χ2v) is 5.58. The van der Waals surface area contributed by atoms with Crippen molar-refractivity contribution in [3.63, 3.8) is 0 Å². The lowest BCUT2D eigenvalue weighted by Gasteiger charge is -2.15. The monoisotopic (exact) mass is 334 g/mol. The van der Waals surface area contributed by atoms with Gasteiger partial charge in [-0.1, -0.05) is 48.5 Å². The molecule has 126 valence electrons. The predicted octanol–water partition coefficient (Wildman–Crippen LogP) is 3.07. The van der Waals surface area contributed by atoms with E-state index in [0.717, 1.165) is 10.8 Å². The number of rotatable bonds is 4. The number of ether oxygens (including phenoxy) is 1. The quantitative estimate of drug-likeness (QED) is 0.721. The van der Waals surface area contributed by atoms with Crippen LogP contribution in [0.3, 0.4) is 0 Å². The molecule has 25 heavy (non-hydrogen) atoms. The largest absolute Gasteiger partial charge is 0.481 e. The second kappa shape index (κ2) is 7.49. The van der Waals surface area contributed by atoms with Gasteiger partial charge in [-0.15, -0.1) is 0 Å². The minimum atomic E-state index is -0.753. The van der Waals surface area contributed by atoms with E-state index in [0.29, 0.717) is 11.3 Å². The zero-order valence-corrected chi connectivity index (χ0v) is 13.7. The molecule has 0 radical (unpaired) electrons. The van der Waals surface area contributed by atoms with Gasteiger partial charge in [0, 0.05) is 5.56 Å². The third kappa shape index (κ3) is 4.14. The van der Waals surface area contributed by atoms with Crippen LogP contribution in [0.4, 0.5) is 0 Å². The average molecular weight is 334 g/mol. The molecule has 0 bridgehead atoms. The highest BCUT2D eigenvalue weighted by molar-refractivity contribution is 5.95. The fourth-order valence-corrected chi connectivity index (χ4v) is 2.38. The Bertz CT molecular complexity index is 894. The van der Waals surface area contributed by atoms with E-state index in [1.165, 1.54) is 0 Å². The van der Waals surface area contributed by atoms with Crippen molar-refractivity contribution >= 4 is 22.6 Å². The number of hydrogen-bond donors (Lipinski definition) is 2. The Labute approximate surface area is 145 Å². The van der Waals surface area contributed by atoms with Crippen LogP contribution in [0.1, 0.15) is 17.3 Å². The van der Waals surface area contributed by atoms with Crippen LogP contribution in [0.25, 0.3) is 10.8 Å². The van der Waals surface area contributed by atoms with Crippen molar-refractivity contribution in [3.8, 4) is 5.75 Å². The van der Waals surface area contributed by atoms with Crippen LogP contribution in [-0.4, -0.2) is 17.9 Å². The molecule has 3 aromatic carbocycles. The van der Waals surface area contributed by atoms with E-state index in [4.69, 9.17) is 4.74 Å². The van der Waals surface area contributed by atoms with Crippen LogP contribution < -0.4 is 15.6 Å². The minimum Gasteiger partial charge on any atom is -0.481 e. The highest BCUT2D eigenvalue weighted by Crippen LogP contribution is 2.21. The highest BCUT2D eigenvalue weighted by atomic mass is 16.5. The van der Waals surface area contributed by atoms with Gasteiger partial charge in [0.15, 0.2) is 6.10 Å². The van der Waals surface area contributed by atoms with Crippen LogP contribution in [-0.2, 0) is 4.79 Å². The van der Waals surface area contributed by atoms with Gasteiger partial charge < -0.3 is 4.74 Å². The van der Waals surface area contributed by atoms with E-state index in [-0.39, 0.29) is 5.91 Å². The van der Waals surface area contributed by atoms with E-state index in [1.807, 2.05) is 48.5 Å². The molecule has 5 heteroatoms. The molecular formula is C20H18N2O3. The van der Waals surface area contributed by atoms with E-state index in [2.05, 4.69) is 10.9 Å². The standard InChI is InChI=1S/C20H18N2O3/c1-14(19(23)21-22-20(24)16-8-3-2-4-9-16)25-18-12-11-15-7-5-6-10-17(15)13-18/h2-14H,1H3,(H,21,23)(H,22,24). The lowest BCUT2D eigenvalue weighted by Crippen LogP contribution is -2.47. The number of benzene rings is 3. The zero-order chi connectivity index (χ0) is 17.6. The van der Waals surface area contributed by atoms with Gasteiger partial charge in [0.2, 0.25) is 0 Å². The lowest BCUT2D eigenvalue weighted by molar-refractivity contribution is -0.128. The van der Waals surface area contributed by atoms with E-state index < -0.39 is 12.0 Å². The molecule has 3 rings (SSSR count). The maximum Gasteiger partial charge on any atom is 0.279 e. The molecule has 0 saturated heterocycles. The minimum absolute atomic E-state index is 0.383. The Kier molecular flexibility index (Phi) is 4.95. The zero-order valence-electron chi connectivity index (χ0n) is 13.7. The van der Waals surface area contributed by atoms with Crippen molar-refractivity contribution in [2.75, 3.05) is 0 Å². The Morgan fingerprint density at radius 2 is 1.52 bits per heavy atom. The molecule has 0 saturated carbocycles. The summed E-state index contributed by atoms with van der Waals surface area (Å²) in [4.78, 5) is 24.0. The van der Waals surface area contributed by atoms with E-state index in [9.17, 15) is 9.59 Å². The number of nitrogens with one attached hydrogen (secondary N) is 2. The molecule has 0 heterocycles. The molecule has 2 N–H and O–H groups in total. The van der Waals surface area contributed by atoms with Crippen LogP contribution in [0.2, 0.25) is 0 Å². The Balaban J connectivity index is 1.57. The number of hydrogen-bond acceptors (Lipinski definition) is 3. The number of fused-ring (bicyclic) bond motifs is 1. The van der Waals surface area contributed by atoms with Crippen LogP contribution in [0.5, 0.6) is 5.75 Å². The highest BCUT2D eigenvalue weighted by Gasteiger charge is 2.16. The SMILES string of the molecule is CC(Oc1ccc2ccccc2c1)C(=O)NNC(=O)c1ccccc1. The summed E-state index contributed by atoms with van der Waals surface area (Å²) < 4.78 is 5.66. The molecular weight excluding hydrogens is 316 g/mol. The van der Waals surface area contributed by atoms with Gasteiger partial charge in [0.25, 0.3) is 11.8 Å². The molecule has 3 aromatic rings. The molecule has 1 unspecified atom stereocenters.